The average Bonchev–Trinajstić information content (AvgIpc) is 2.49. The molecule has 0 heterocycles. The lowest BCUT2D eigenvalue weighted by Crippen LogP contribution is -2.38. The molecule has 0 aromatic heterocycles. The van der Waals surface area contributed by atoms with E-state index in [2.05, 4.69) is 10.6 Å². The Balaban J connectivity index is 2.12. The summed E-state index contributed by atoms with van der Waals surface area (Å²) in [5.74, 6) is 0.272. The molecule has 0 aliphatic rings. The van der Waals surface area contributed by atoms with Crippen molar-refractivity contribution in [3.05, 3.63) is 35.9 Å². The van der Waals surface area contributed by atoms with Gasteiger partial charge in [0.25, 0.3) is 0 Å². The van der Waals surface area contributed by atoms with Crippen LogP contribution in [-0.2, 0) is 16.1 Å². The minimum absolute atomic E-state index is 0.00412. The Morgan fingerprint density at radius 3 is 2.29 bits per heavy atom. The third-order valence-electron chi connectivity index (χ3n) is 3.32. The van der Waals surface area contributed by atoms with Crippen molar-refractivity contribution < 1.29 is 14.3 Å². The Kier molecular flexibility index (Phi) is 7.29. The lowest BCUT2D eigenvalue weighted by Gasteiger charge is -2.15. The molecule has 5 heteroatoms. The number of nitrogens with one attached hydrogen (secondary N) is 2. The summed E-state index contributed by atoms with van der Waals surface area (Å²) in [4.78, 5) is 23.1. The quantitative estimate of drug-likeness (QED) is 0.758. The van der Waals surface area contributed by atoms with Crippen molar-refractivity contribution >= 4 is 12.0 Å². The molecule has 5 nitrogen and oxygen atoms in total. The van der Waals surface area contributed by atoms with Gasteiger partial charge in [-0.3, -0.25) is 4.79 Å². The van der Waals surface area contributed by atoms with Gasteiger partial charge in [0.1, 0.15) is 6.61 Å². The van der Waals surface area contributed by atoms with Crippen molar-refractivity contribution in [3.8, 4) is 0 Å². The van der Waals surface area contributed by atoms with Crippen LogP contribution < -0.4 is 10.6 Å². The van der Waals surface area contributed by atoms with Gasteiger partial charge in [-0.1, -0.05) is 51.1 Å². The summed E-state index contributed by atoms with van der Waals surface area (Å²) in [7, 11) is 0. The number of carbonyl (C=O) groups excluding carboxylic acids is 2. The molecule has 0 aliphatic heterocycles. The first-order chi connectivity index (χ1) is 10.0. The SMILES string of the molecule is CC(C)[C@H](C)C(=O)NCCNC(=O)OCc1ccccc1. The fourth-order valence-electron chi connectivity index (χ4n) is 1.59. The molecule has 2 amide bonds. The summed E-state index contributed by atoms with van der Waals surface area (Å²) < 4.78 is 5.06. The van der Waals surface area contributed by atoms with E-state index in [1.54, 1.807) is 0 Å². The highest BCUT2D eigenvalue weighted by Gasteiger charge is 2.15. The molecular formula is C16H24N2O3. The standard InChI is InChI=1S/C16H24N2O3/c1-12(2)13(3)15(19)17-9-10-18-16(20)21-11-14-7-5-4-6-8-14/h4-8,12-13H,9-11H2,1-3H3,(H,17,19)(H,18,20)/t13-/m0/s1. The maximum absolute atomic E-state index is 11.7. The molecule has 1 atom stereocenters. The topological polar surface area (TPSA) is 67.4 Å². The van der Waals surface area contributed by atoms with Crippen molar-refractivity contribution in [1.29, 1.82) is 0 Å². The molecule has 21 heavy (non-hydrogen) atoms. The van der Waals surface area contributed by atoms with E-state index < -0.39 is 6.09 Å². The molecule has 0 radical (unpaired) electrons. The zero-order valence-electron chi connectivity index (χ0n) is 12.9. The molecule has 1 aromatic carbocycles. The van der Waals surface area contributed by atoms with Crippen molar-refractivity contribution in [2.24, 2.45) is 11.8 Å². The van der Waals surface area contributed by atoms with Crippen LogP contribution >= 0.6 is 0 Å². The van der Waals surface area contributed by atoms with E-state index in [4.69, 9.17) is 4.74 Å². The Labute approximate surface area is 126 Å². The number of hydrogen-bond acceptors (Lipinski definition) is 3. The second kappa shape index (κ2) is 9.00. The minimum atomic E-state index is -0.481. The van der Waals surface area contributed by atoms with Gasteiger partial charge in [0, 0.05) is 19.0 Å². The first kappa shape index (κ1) is 17.0. The third kappa shape index (κ3) is 6.79. The van der Waals surface area contributed by atoms with E-state index in [0.717, 1.165) is 5.56 Å². The van der Waals surface area contributed by atoms with E-state index in [0.29, 0.717) is 19.0 Å². The number of ether oxygens (including phenoxy) is 1. The maximum Gasteiger partial charge on any atom is 0.407 e. The lowest BCUT2D eigenvalue weighted by molar-refractivity contribution is -0.125. The van der Waals surface area contributed by atoms with Gasteiger partial charge in [0.05, 0.1) is 0 Å². The van der Waals surface area contributed by atoms with Crippen LogP contribution in [0.3, 0.4) is 0 Å². The van der Waals surface area contributed by atoms with Crippen LogP contribution in [0.25, 0.3) is 0 Å². The van der Waals surface area contributed by atoms with Gasteiger partial charge in [0.15, 0.2) is 0 Å². The Morgan fingerprint density at radius 1 is 1.05 bits per heavy atom. The van der Waals surface area contributed by atoms with Crippen LogP contribution in [0.15, 0.2) is 30.3 Å². The Bertz CT molecular complexity index is 446. The van der Waals surface area contributed by atoms with Crippen molar-refractivity contribution in [2.45, 2.75) is 27.4 Å². The summed E-state index contributed by atoms with van der Waals surface area (Å²) in [6, 6.07) is 9.47. The lowest BCUT2D eigenvalue weighted by atomic mass is 9.97. The molecular weight excluding hydrogens is 268 g/mol. The van der Waals surface area contributed by atoms with Crippen LogP contribution in [0.2, 0.25) is 0 Å². The molecule has 0 fully saturated rings. The second-order valence-corrected chi connectivity index (χ2v) is 5.31. The fourth-order valence-corrected chi connectivity index (χ4v) is 1.59. The predicted molar refractivity (Wildman–Crippen MR) is 81.6 cm³/mol. The largest absolute Gasteiger partial charge is 0.445 e. The smallest absolute Gasteiger partial charge is 0.407 e. The summed E-state index contributed by atoms with van der Waals surface area (Å²) in [6.45, 7) is 6.89. The molecule has 2 N–H and O–H groups in total. The highest BCUT2D eigenvalue weighted by atomic mass is 16.5. The number of amides is 2. The molecule has 1 aromatic rings. The van der Waals surface area contributed by atoms with E-state index in [9.17, 15) is 9.59 Å². The average molecular weight is 292 g/mol. The molecule has 1 rings (SSSR count). The number of carbonyl (C=O) groups is 2. The van der Waals surface area contributed by atoms with Gasteiger partial charge in [-0.05, 0) is 11.5 Å². The zero-order chi connectivity index (χ0) is 15.7. The van der Waals surface area contributed by atoms with Gasteiger partial charge in [0.2, 0.25) is 5.91 Å². The molecule has 0 unspecified atom stereocenters. The number of alkyl carbamates (subject to hydrolysis) is 1. The zero-order valence-corrected chi connectivity index (χ0v) is 12.9. The Hall–Kier alpha value is -2.04. The molecule has 116 valence electrons. The summed E-state index contributed by atoms with van der Waals surface area (Å²) >= 11 is 0. The van der Waals surface area contributed by atoms with E-state index in [1.165, 1.54) is 0 Å². The van der Waals surface area contributed by atoms with Gasteiger partial charge in [-0.2, -0.15) is 0 Å². The first-order valence-electron chi connectivity index (χ1n) is 7.23. The first-order valence-corrected chi connectivity index (χ1v) is 7.23. The predicted octanol–water partition coefficient (Wildman–Crippen LogP) is 2.32. The molecule has 0 saturated carbocycles. The van der Waals surface area contributed by atoms with E-state index >= 15 is 0 Å². The Morgan fingerprint density at radius 2 is 1.67 bits per heavy atom. The van der Waals surface area contributed by atoms with Crippen molar-refractivity contribution in [3.63, 3.8) is 0 Å². The maximum atomic E-state index is 11.7. The highest BCUT2D eigenvalue weighted by molar-refractivity contribution is 5.78. The van der Waals surface area contributed by atoms with Gasteiger partial charge >= 0.3 is 6.09 Å². The van der Waals surface area contributed by atoms with Gasteiger partial charge in [-0.15, -0.1) is 0 Å². The monoisotopic (exact) mass is 292 g/mol. The number of hydrogen-bond donors (Lipinski definition) is 2. The van der Waals surface area contributed by atoms with Crippen LogP contribution in [0, 0.1) is 11.8 Å². The van der Waals surface area contributed by atoms with Crippen molar-refractivity contribution in [2.75, 3.05) is 13.1 Å². The summed E-state index contributed by atoms with van der Waals surface area (Å²) in [5.41, 5.74) is 0.937. The third-order valence-corrected chi connectivity index (χ3v) is 3.32. The van der Waals surface area contributed by atoms with E-state index in [1.807, 2.05) is 51.1 Å². The number of rotatable bonds is 7. The fraction of sp³-hybridized carbons (Fsp3) is 0.500. The summed E-state index contributed by atoms with van der Waals surface area (Å²) in [5, 5.41) is 5.38. The normalized spacial score (nSPS) is 11.8. The van der Waals surface area contributed by atoms with Crippen molar-refractivity contribution in [1.82, 2.24) is 10.6 Å². The van der Waals surface area contributed by atoms with Crippen LogP contribution in [0.4, 0.5) is 4.79 Å². The highest BCUT2D eigenvalue weighted by Crippen LogP contribution is 2.08. The van der Waals surface area contributed by atoms with Crippen LogP contribution in [-0.4, -0.2) is 25.1 Å². The van der Waals surface area contributed by atoms with Gasteiger partial charge < -0.3 is 15.4 Å². The van der Waals surface area contributed by atoms with Crippen LogP contribution in [0.5, 0.6) is 0 Å². The summed E-state index contributed by atoms with van der Waals surface area (Å²) in [6.07, 6.45) is -0.481. The molecule has 0 spiro atoms. The molecule has 0 bridgehead atoms. The number of benzene rings is 1. The van der Waals surface area contributed by atoms with E-state index in [-0.39, 0.29) is 18.4 Å². The second-order valence-electron chi connectivity index (χ2n) is 5.31. The molecule has 0 saturated heterocycles. The van der Waals surface area contributed by atoms with Crippen LogP contribution in [0.1, 0.15) is 26.3 Å². The molecule has 0 aliphatic carbocycles. The van der Waals surface area contributed by atoms with Gasteiger partial charge in [-0.25, -0.2) is 4.79 Å². The minimum Gasteiger partial charge on any atom is -0.445 e.